The summed E-state index contributed by atoms with van der Waals surface area (Å²) in [5.41, 5.74) is 2.19. The third kappa shape index (κ3) is 3.16. The standard InChI is InChI=1S/C23H25ClFN3O3/c1-14-17-4-9-27(20(29)22-5-7-23(13-22,8-6-22)21(30)31)12-19(17)28(26-14)11-15-2-3-16(24)10-18(15)25/h2-3,10H,4-9,11-13H2,1H3,(H,30,31). The SMILES string of the molecule is Cc1nn(Cc2ccc(Cl)cc2F)c2c1CCN(C(=O)C13CCC(C(=O)O)(CC1)C3)C2. The Labute approximate surface area is 185 Å². The summed E-state index contributed by atoms with van der Waals surface area (Å²) < 4.78 is 16.1. The summed E-state index contributed by atoms with van der Waals surface area (Å²) in [5.74, 6) is -1.07. The molecule has 0 spiro atoms. The van der Waals surface area contributed by atoms with E-state index in [1.807, 2.05) is 11.8 Å². The number of nitrogens with zero attached hydrogens (tertiary/aromatic N) is 3. The van der Waals surface area contributed by atoms with Gasteiger partial charge in [0.25, 0.3) is 0 Å². The molecule has 2 fully saturated rings. The average Bonchev–Trinajstić information content (AvgIpc) is 3.42. The van der Waals surface area contributed by atoms with Crippen LogP contribution in [0.5, 0.6) is 0 Å². The lowest BCUT2D eigenvalue weighted by Crippen LogP contribution is -2.44. The molecule has 164 valence electrons. The second kappa shape index (κ2) is 7.05. The van der Waals surface area contributed by atoms with E-state index in [0.29, 0.717) is 62.2 Å². The highest BCUT2D eigenvalue weighted by Gasteiger charge is 2.62. The van der Waals surface area contributed by atoms with E-state index in [1.165, 1.54) is 6.07 Å². The molecule has 1 aliphatic heterocycles. The topological polar surface area (TPSA) is 75.4 Å². The van der Waals surface area contributed by atoms with Crippen LogP contribution in [0.25, 0.3) is 0 Å². The molecule has 1 aromatic heterocycles. The van der Waals surface area contributed by atoms with Gasteiger partial charge < -0.3 is 10.0 Å². The van der Waals surface area contributed by atoms with Gasteiger partial charge in [0.15, 0.2) is 0 Å². The molecule has 2 heterocycles. The summed E-state index contributed by atoms with van der Waals surface area (Å²) >= 11 is 5.87. The summed E-state index contributed by atoms with van der Waals surface area (Å²) in [5, 5.41) is 14.6. The molecular weight excluding hydrogens is 421 g/mol. The van der Waals surface area contributed by atoms with Gasteiger partial charge in [-0.05, 0) is 63.1 Å². The highest BCUT2D eigenvalue weighted by atomic mass is 35.5. The molecule has 1 N–H and O–H groups in total. The van der Waals surface area contributed by atoms with Crippen molar-refractivity contribution in [2.75, 3.05) is 6.54 Å². The number of carboxylic acid groups (broad SMARTS) is 1. The number of aryl methyl sites for hydroxylation is 1. The zero-order valence-corrected chi connectivity index (χ0v) is 18.2. The maximum atomic E-state index is 14.3. The Morgan fingerprint density at radius 2 is 1.94 bits per heavy atom. The Balaban J connectivity index is 1.39. The van der Waals surface area contributed by atoms with Crippen LogP contribution in [0.4, 0.5) is 4.39 Å². The predicted molar refractivity (Wildman–Crippen MR) is 112 cm³/mol. The molecule has 2 aliphatic carbocycles. The van der Waals surface area contributed by atoms with Gasteiger partial charge in [0.2, 0.25) is 5.91 Å². The normalized spacial score (nSPS) is 26.9. The van der Waals surface area contributed by atoms with Gasteiger partial charge in [0, 0.05) is 17.1 Å². The second-order valence-corrected chi connectivity index (χ2v) is 9.86. The molecule has 6 nitrogen and oxygen atoms in total. The third-order valence-corrected chi connectivity index (χ3v) is 7.95. The second-order valence-electron chi connectivity index (χ2n) is 9.42. The van der Waals surface area contributed by atoms with Crippen molar-refractivity contribution >= 4 is 23.5 Å². The van der Waals surface area contributed by atoms with Crippen molar-refractivity contribution in [3.05, 3.63) is 51.6 Å². The number of hydrogen-bond acceptors (Lipinski definition) is 3. The van der Waals surface area contributed by atoms with Crippen molar-refractivity contribution in [3.8, 4) is 0 Å². The van der Waals surface area contributed by atoms with Crippen LogP contribution in [0.1, 0.15) is 54.6 Å². The number of halogens is 2. The van der Waals surface area contributed by atoms with E-state index in [4.69, 9.17) is 11.6 Å². The maximum absolute atomic E-state index is 14.3. The van der Waals surface area contributed by atoms with Gasteiger partial charge >= 0.3 is 5.97 Å². The van der Waals surface area contributed by atoms with E-state index < -0.39 is 16.8 Å². The molecule has 1 aromatic carbocycles. The van der Waals surface area contributed by atoms with Crippen molar-refractivity contribution in [2.24, 2.45) is 10.8 Å². The lowest BCUT2D eigenvalue weighted by Gasteiger charge is -2.35. The molecule has 0 atom stereocenters. The quantitative estimate of drug-likeness (QED) is 0.773. The number of hydrogen-bond donors (Lipinski definition) is 1. The van der Waals surface area contributed by atoms with Crippen LogP contribution in [-0.2, 0) is 29.1 Å². The zero-order valence-electron chi connectivity index (χ0n) is 17.5. The van der Waals surface area contributed by atoms with Crippen LogP contribution in [0.2, 0.25) is 5.02 Å². The van der Waals surface area contributed by atoms with Crippen LogP contribution in [-0.4, -0.2) is 38.2 Å². The number of aromatic nitrogens is 2. The maximum Gasteiger partial charge on any atom is 0.309 e. The lowest BCUT2D eigenvalue weighted by molar-refractivity contribution is -0.148. The number of amides is 1. The fourth-order valence-electron chi connectivity index (χ4n) is 5.91. The van der Waals surface area contributed by atoms with Crippen molar-refractivity contribution in [2.45, 2.75) is 58.5 Å². The molecule has 1 amide bonds. The summed E-state index contributed by atoms with van der Waals surface area (Å²) in [6.45, 7) is 3.24. The van der Waals surface area contributed by atoms with Crippen LogP contribution in [0.15, 0.2) is 18.2 Å². The molecule has 2 bridgehead atoms. The molecule has 0 unspecified atom stereocenters. The summed E-state index contributed by atoms with van der Waals surface area (Å²) in [7, 11) is 0. The van der Waals surface area contributed by atoms with Crippen molar-refractivity contribution in [1.82, 2.24) is 14.7 Å². The predicted octanol–water partition coefficient (Wildman–Crippen LogP) is 3.95. The van der Waals surface area contributed by atoms with Gasteiger partial charge in [-0.25, -0.2) is 4.39 Å². The smallest absolute Gasteiger partial charge is 0.309 e. The molecule has 0 radical (unpaired) electrons. The molecule has 3 aliphatic rings. The first-order valence-corrected chi connectivity index (χ1v) is 11.1. The first kappa shape index (κ1) is 20.5. The molecule has 2 saturated carbocycles. The largest absolute Gasteiger partial charge is 0.481 e. The molecule has 31 heavy (non-hydrogen) atoms. The Hall–Kier alpha value is -2.41. The van der Waals surface area contributed by atoms with E-state index in [9.17, 15) is 19.1 Å². The van der Waals surface area contributed by atoms with Gasteiger partial charge in [-0.2, -0.15) is 5.10 Å². The molecule has 0 saturated heterocycles. The Morgan fingerprint density at radius 1 is 1.23 bits per heavy atom. The number of aliphatic carboxylic acids is 1. The van der Waals surface area contributed by atoms with E-state index in [1.54, 1.807) is 16.8 Å². The van der Waals surface area contributed by atoms with Crippen LogP contribution in [0, 0.1) is 23.6 Å². The van der Waals surface area contributed by atoms with E-state index in [2.05, 4.69) is 5.10 Å². The average molecular weight is 446 g/mol. The summed E-state index contributed by atoms with van der Waals surface area (Å²) in [4.78, 5) is 27.2. The number of benzene rings is 1. The number of carboxylic acids is 1. The fourth-order valence-corrected chi connectivity index (χ4v) is 6.07. The molecule has 5 rings (SSSR count). The first-order chi connectivity index (χ1) is 14.7. The van der Waals surface area contributed by atoms with Gasteiger partial charge in [-0.1, -0.05) is 17.7 Å². The van der Waals surface area contributed by atoms with Crippen molar-refractivity contribution < 1.29 is 19.1 Å². The highest BCUT2D eigenvalue weighted by molar-refractivity contribution is 6.30. The van der Waals surface area contributed by atoms with Crippen LogP contribution < -0.4 is 0 Å². The van der Waals surface area contributed by atoms with E-state index in [0.717, 1.165) is 17.0 Å². The van der Waals surface area contributed by atoms with Gasteiger partial charge in [0.05, 0.1) is 35.3 Å². The first-order valence-electron chi connectivity index (χ1n) is 10.7. The highest BCUT2D eigenvalue weighted by Crippen LogP contribution is 2.62. The van der Waals surface area contributed by atoms with Gasteiger partial charge in [-0.3, -0.25) is 14.3 Å². The monoisotopic (exact) mass is 445 g/mol. The van der Waals surface area contributed by atoms with E-state index >= 15 is 0 Å². The molecular formula is C23H25ClFN3O3. The fraction of sp³-hybridized carbons (Fsp3) is 0.522. The Morgan fingerprint density at radius 3 is 2.58 bits per heavy atom. The minimum Gasteiger partial charge on any atom is -0.481 e. The third-order valence-electron chi connectivity index (χ3n) is 7.71. The number of carbonyl (C=O) groups excluding carboxylic acids is 1. The molecule has 8 heteroatoms. The lowest BCUT2D eigenvalue weighted by atomic mass is 9.81. The number of carbonyl (C=O) groups is 2. The minimum atomic E-state index is -0.765. The number of rotatable bonds is 4. The van der Waals surface area contributed by atoms with Crippen molar-refractivity contribution in [1.29, 1.82) is 0 Å². The van der Waals surface area contributed by atoms with Crippen molar-refractivity contribution in [3.63, 3.8) is 0 Å². The zero-order chi connectivity index (χ0) is 22.0. The van der Waals surface area contributed by atoms with Crippen LogP contribution in [0.3, 0.4) is 0 Å². The van der Waals surface area contributed by atoms with Crippen LogP contribution >= 0.6 is 11.6 Å². The summed E-state index contributed by atoms with van der Waals surface area (Å²) in [6, 6.07) is 4.62. The Kier molecular flexibility index (Phi) is 4.66. The van der Waals surface area contributed by atoms with E-state index in [-0.39, 0.29) is 18.3 Å². The van der Waals surface area contributed by atoms with Gasteiger partial charge in [-0.15, -0.1) is 0 Å². The Bertz CT molecular complexity index is 1090. The molecule has 2 aromatic rings. The minimum absolute atomic E-state index is 0.0712. The van der Waals surface area contributed by atoms with Gasteiger partial charge in [0.1, 0.15) is 5.82 Å². The summed E-state index contributed by atoms with van der Waals surface area (Å²) in [6.07, 6.45) is 3.62. The number of fused-ring (bicyclic) bond motifs is 3.